The number of nitrogens with zero attached hydrogens (tertiary/aromatic N) is 2. The monoisotopic (exact) mass is 334 g/mol. The Morgan fingerprint density at radius 2 is 1.72 bits per heavy atom. The van der Waals surface area contributed by atoms with Crippen LogP contribution in [0.15, 0.2) is 70.3 Å². The predicted octanol–water partition coefficient (Wildman–Crippen LogP) is 3.52. The Kier molecular flexibility index (Phi) is 5.46. The maximum atomic E-state index is 5.55. The van der Waals surface area contributed by atoms with Gasteiger partial charge in [-0.15, -0.1) is 0 Å². The summed E-state index contributed by atoms with van der Waals surface area (Å²) in [4.78, 5) is 8.74. The van der Waals surface area contributed by atoms with Crippen molar-refractivity contribution in [2.45, 2.75) is 20.0 Å². The first kappa shape index (κ1) is 16.8. The summed E-state index contributed by atoms with van der Waals surface area (Å²) < 4.78 is 5.55. The van der Waals surface area contributed by atoms with E-state index in [4.69, 9.17) is 4.42 Å². The van der Waals surface area contributed by atoms with E-state index in [1.807, 2.05) is 30.3 Å². The van der Waals surface area contributed by atoms with E-state index >= 15 is 0 Å². The van der Waals surface area contributed by atoms with Crippen LogP contribution in [0.3, 0.4) is 0 Å². The van der Waals surface area contributed by atoms with E-state index in [0.29, 0.717) is 19.0 Å². The first-order valence-electron chi connectivity index (χ1n) is 8.24. The summed E-state index contributed by atoms with van der Waals surface area (Å²) in [6.07, 6.45) is 1.67. The van der Waals surface area contributed by atoms with Gasteiger partial charge >= 0.3 is 0 Å². The smallest absolute Gasteiger partial charge is 0.226 e. The Hall–Kier alpha value is -3.08. The summed E-state index contributed by atoms with van der Waals surface area (Å²) in [5, 5.41) is 6.54. The molecule has 0 aliphatic rings. The number of hydrogen-bond donors (Lipinski definition) is 2. The second kappa shape index (κ2) is 8.15. The van der Waals surface area contributed by atoms with Gasteiger partial charge in [0.2, 0.25) is 5.89 Å². The number of nitrogens with one attached hydrogen (secondary N) is 2. The van der Waals surface area contributed by atoms with Crippen LogP contribution in [0.2, 0.25) is 0 Å². The van der Waals surface area contributed by atoms with Crippen LogP contribution < -0.4 is 10.6 Å². The fraction of sp³-hybridized carbons (Fsp3) is 0.200. The molecule has 1 heterocycles. The minimum absolute atomic E-state index is 0.546. The van der Waals surface area contributed by atoms with E-state index in [1.165, 1.54) is 11.1 Å². The molecule has 0 radical (unpaired) electrons. The zero-order valence-electron chi connectivity index (χ0n) is 14.5. The number of guanidine groups is 1. The topological polar surface area (TPSA) is 62.5 Å². The molecule has 0 spiro atoms. The summed E-state index contributed by atoms with van der Waals surface area (Å²) in [6.45, 7) is 3.34. The van der Waals surface area contributed by atoms with Crippen molar-refractivity contribution >= 4 is 5.96 Å². The number of oxazole rings is 1. The fourth-order valence-corrected chi connectivity index (χ4v) is 2.39. The highest BCUT2D eigenvalue weighted by atomic mass is 16.3. The van der Waals surface area contributed by atoms with Crippen molar-refractivity contribution in [3.8, 4) is 11.5 Å². The molecule has 2 aromatic carbocycles. The lowest BCUT2D eigenvalue weighted by molar-refractivity contribution is 0.572. The zero-order valence-corrected chi connectivity index (χ0v) is 14.5. The summed E-state index contributed by atoms with van der Waals surface area (Å²) in [5.74, 6) is 1.35. The molecule has 0 unspecified atom stereocenters. The van der Waals surface area contributed by atoms with Gasteiger partial charge in [-0.1, -0.05) is 48.0 Å². The van der Waals surface area contributed by atoms with Crippen molar-refractivity contribution in [3.63, 3.8) is 0 Å². The minimum atomic E-state index is 0.546. The van der Waals surface area contributed by atoms with Gasteiger partial charge < -0.3 is 15.1 Å². The Morgan fingerprint density at radius 3 is 2.44 bits per heavy atom. The lowest BCUT2D eigenvalue weighted by atomic mass is 10.1. The van der Waals surface area contributed by atoms with E-state index in [9.17, 15) is 0 Å². The largest absolute Gasteiger partial charge is 0.444 e. The van der Waals surface area contributed by atoms with Crippen LogP contribution >= 0.6 is 0 Å². The van der Waals surface area contributed by atoms with Gasteiger partial charge in [-0.3, -0.25) is 4.99 Å². The van der Waals surface area contributed by atoms with Gasteiger partial charge in [0.15, 0.2) is 5.96 Å². The van der Waals surface area contributed by atoms with Crippen LogP contribution in [-0.4, -0.2) is 18.0 Å². The third-order valence-corrected chi connectivity index (χ3v) is 3.81. The quantitative estimate of drug-likeness (QED) is 0.554. The van der Waals surface area contributed by atoms with Gasteiger partial charge in [-0.25, -0.2) is 4.98 Å². The normalized spacial score (nSPS) is 11.4. The third-order valence-electron chi connectivity index (χ3n) is 3.81. The molecular formula is C20H22N4O. The number of benzene rings is 2. The van der Waals surface area contributed by atoms with Crippen molar-refractivity contribution in [1.29, 1.82) is 0 Å². The lowest BCUT2D eigenvalue weighted by Crippen LogP contribution is -2.36. The molecule has 0 amide bonds. The van der Waals surface area contributed by atoms with Crippen molar-refractivity contribution in [3.05, 3.63) is 77.7 Å². The van der Waals surface area contributed by atoms with Crippen LogP contribution in [0.25, 0.3) is 11.5 Å². The maximum Gasteiger partial charge on any atom is 0.226 e. The van der Waals surface area contributed by atoms with Crippen LogP contribution in [-0.2, 0) is 13.1 Å². The van der Waals surface area contributed by atoms with Gasteiger partial charge in [0, 0.05) is 19.2 Å². The standard InChI is InChI=1S/C20H22N4O/c1-15-8-10-16(11-9-15)12-22-20(21-2)23-13-18-14-25-19(24-18)17-6-4-3-5-7-17/h3-11,14H,12-13H2,1-2H3,(H2,21,22,23). The third kappa shape index (κ3) is 4.70. The Bertz CT molecular complexity index is 822. The Labute approximate surface area is 147 Å². The summed E-state index contributed by atoms with van der Waals surface area (Å²) in [7, 11) is 1.75. The fourth-order valence-electron chi connectivity index (χ4n) is 2.39. The molecule has 2 N–H and O–H groups in total. The Balaban J connectivity index is 1.53. The van der Waals surface area contributed by atoms with E-state index < -0.39 is 0 Å². The van der Waals surface area contributed by atoms with Crippen LogP contribution in [0, 0.1) is 6.92 Å². The summed E-state index contributed by atoms with van der Waals surface area (Å²) in [5.41, 5.74) is 4.26. The van der Waals surface area contributed by atoms with Crippen molar-refractivity contribution in [2.75, 3.05) is 7.05 Å². The number of hydrogen-bond acceptors (Lipinski definition) is 3. The molecule has 0 saturated carbocycles. The maximum absolute atomic E-state index is 5.55. The number of aryl methyl sites for hydroxylation is 1. The van der Waals surface area contributed by atoms with E-state index in [1.54, 1.807) is 13.3 Å². The van der Waals surface area contributed by atoms with Gasteiger partial charge in [-0.2, -0.15) is 0 Å². The first-order valence-corrected chi connectivity index (χ1v) is 8.24. The highest BCUT2D eigenvalue weighted by Crippen LogP contribution is 2.17. The second-order valence-electron chi connectivity index (χ2n) is 5.77. The summed E-state index contributed by atoms with van der Waals surface area (Å²) >= 11 is 0. The molecular weight excluding hydrogens is 312 g/mol. The molecule has 3 rings (SSSR count). The summed E-state index contributed by atoms with van der Waals surface area (Å²) in [6, 6.07) is 18.3. The van der Waals surface area contributed by atoms with Gasteiger partial charge in [-0.05, 0) is 24.6 Å². The van der Waals surface area contributed by atoms with Crippen LogP contribution in [0.5, 0.6) is 0 Å². The molecule has 0 bridgehead atoms. The first-order chi connectivity index (χ1) is 12.2. The number of aromatic nitrogens is 1. The van der Waals surface area contributed by atoms with E-state index in [0.717, 1.165) is 17.2 Å². The zero-order chi connectivity index (χ0) is 17.5. The van der Waals surface area contributed by atoms with Gasteiger partial charge in [0.1, 0.15) is 6.26 Å². The number of aliphatic imine (C=N–C) groups is 1. The van der Waals surface area contributed by atoms with E-state index in [-0.39, 0.29) is 0 Å². The molecule has 128 valence electrons. The molecule has 25 heavy (non-hydrogen) atoms. The molecule has 0 atom stereocenters. The minimum Gasteiger partial charge on any atom is -0.444 e. The average molecular weight is 334 g/mol. The molecule has 0 saturated heterocycles. The van der Waals surface area contributed by atoms with Crippen LogP contribution in [0.4, 0.5) is 0 Å². The lowest BCUT2D eigenvalue weighted by Gasteiger charge is -2.11. The highest BCUT2D eigenvalue weighted by Gasteiger charge is 2.07. The van der Waals surface area contributed by atoms with Crippen molar-refractivity contribution < 1.29 is 4.42 Å². The predicted molar refractivity (Wildman–Crippen MR) is 100 cm³/mol. The average Bonchev–Trinajstić information content (AvgIpc) is 3.13. The number of rotatable bonds is 5. The SMILES string of the molecule is CN=C(NCc1ccc(C)cc1)NCc1coc(-c2ccccc2)n1. The molecule has 5 nitrogen and oxygen atoms in total. The van der Waals surface area contributed by atoms with Gasteiger partial charge in [0.25, 0.3) is 0 Å². The highest BCUT2D eigenvalue weighted by molar-refractivity contribution is 5.79. The Morgan fingerprint density at radius 1 is 1.00 bits per heavy atom. The molecule has 0 aliphatic carbocycles. The van der Waals surface area contributed by atoms with Crippen LogP contribution in [0.1, 0.15) is 16.8 Å². The van der Waals surface area contributed by atoms with Crippen molar-refractivity contribution in [1.82, 2.24) is 15.6 Å². The molecule has 3 aromatic rings. The van der Waals surface area contributed by atoms with Crippen molar-refractivity contribution in [2.24, 2.45) is 4.99 Å². The van der Waals surface area contributed by atoms with E-state index in [2.05, 4.69) is 51.8 Å². The van der Waals surface area contributed by atoms with Gasteiger partial charge in [0.05, 0.1) is 12.2 Å². The molecule has 0 fully saturated rings. The molecule has 5 heteroatoms. The molecule has 1 aromatic heterocycles. The second-order valence-corrected chi connectivity index (χ2v) is 5.77. The molecule has 0 aliphatic heterocycles.